The molecule has 11 heteroatoms. The van der Waals surface area contributed by atoms with Gasteiger partial charge >= 0.3 is 0 Å². The van der Waals surface area contributed by atoms with Gasteiger partial charge in [-0.15, -0.1) is 0 Å². The van der Waals surface area contributed by atoms with E-state index in [1.54, 1.807) is 55.5 Å². The molecular weight excluding hydrogens is 560 g/mol. The molecule has 212 valence electrons. The minimum Gasteiger partial charge on any atom is -0.493 e. The van der Waals surface area contributed by atoms with Crippen LogP contribution in [0, 0.1) is 0 Å². The van der Waals surface area contributed by atoms with Crippen molar-refractivity contribution in [3.63, 3.8) is 0 Å². The lowest BCUT2D eigenvalue weighted by atomic mass is 10.1. The van der Waals surface area contributed by atoms with E-state index in [2.05, 4.69) is 28.8 Å². The zero-order valence-corrected chi connectivity index (χ0v) is 24.5. The Labute approximate surface area is 248 Å². The minimum absolute atomic E-state index is 0.146. The van der Waals surface area contributed by atoms with E-state index in [1.165, 1.54) is 23.5 Å². The van der Waals surface area contributed by atoms with Crippen molar-refractivity contribution >= 4 is 58.1 Å². The molecule has 0 spiro atoms. The second-order valence-corrected chi connectivity index (χ2v) is 10.4. The van der Waals surface area contributed by atoms with Gasteiger partial charge in [-0.1, -0.05) is 61.2 Å². The summed E-state index contributed by atoms with van der Waals surface area (Å²) in [5, 5.41) is 7.27. The van der Waals surface area contributed by atoms with E-state index in [-0.39, 0.29) is 12.5 Å². The van der Waals surface area contributed by atoms with Crippen molar-refractivity contribution in [1.82, 2.24) is 10.3 Å². The Bertz CT molecular complexity index is 1470. The first-order valence-corrected chi connectivity index (χ1v) is 14.0. The number of anilines is 1. The van der Waals surface area contributed by atoms with E-state index in [0.29, 0.717) is 33.1 Å². The molecule has 0 bridgehead atoms. The van der Waals surface area contributed by atoms with Crippen LogP contribution in [-0.4, -0.2) is 54.7 Å². The van der Waals surface area contributed by atoms with E-state index < -0.39 is 5.91 Å². The number of carbonyl (C=O) groups is 2. The first-order valence-electron chi connectivity index (χ1n) is 12.8. The smallest absolute Gasteiger partial charge is 0.277 e. The molecule has 3 aromatic rings. The van der Waals surface area contributed by atoms with Crippen LogP contribution < -0.4 is 25.0 Å². The molecular formula is C30H30N4O5S2. The van der Waals surface area contributed by atoms with Gasteiger partial charge in [0, 0.05) is 5.69 Å². The molecule has 4 rings (SSSR count). The van der Waals surface area contributed by atoms with E-state index >= 15 is 0 Å². The molecule has 0 saturated carbocycles. The summed E-state index contributed by atoms with van der Waals surface area (Å²) in [5.41, 5.74) is 6.14. The summed E-state index contributed by atoms with van der Waals surface area (Å²) in [6.07, 6.45) is 4.18. The summed E-state index contributed by atoms with van der Waals surface area (Å²) in [7, 11) is 3.10. The van der Waals surface area contributed by atoms with Crippen LogP contribution in [0.3, 0.4) is 0 Å². The molecule has 2 amide bonds. The molecule has 0 radical (unpaired) electrons. The Morgan fingerprint density at radius 2 is 1.76 bits per heavy atom. The van der Waals surface area contributed by atoms with Crippen molar-refractivity contribution in [3.05, 3.63) is 88.3 Å². The quantitative estimate of drug-likeness (QED) is 0.131. The number of methoxy groups -OCH3 is 2. The number of para-hydroxylation sites is 1. The van der Waals surface area contributed by atoms with Crippen LogP contribution in [0.2, 0.25) is 0 Å². The number of hydrogen-bond donors (Lipinski definition) is 2. The van der Waals surface area contributed by atoms with Gasteiger partial charge in [-0.2, -0.15) is 5.10 Å². The lowest BCUT2D eigenvalue weighted by Crippen LogP contribution is -2.33. The summed E-state index contributed by atoms with van der Waals surface area (Å²) in [6.45, 7) is 2.17. The third-order valence-corrected chi connectivity index (χ3v) is 7.44. The molecule has 3 aromatic carbocycles. The maximum Gasteiger partial charge on any atom is 0.277 e. The first kappa shape index (κ1) is 29.6. The molecule has 0 unspecified atom stereocenters. The number of hydrogen-bond acceptors (Lipinski definition) is 9. The van der Waals surface area contributed by atoms with Crippen molar-refractivity contribution in [2.24, 2.45) is 5.10 Å². The summed E-state index contributed by atoms with van der Waals surface area (Å²) in [5.74, 6) is 1.11. The summed E-state index contributed by atoms with van der Waals surface area (Å²) < 4.78 is 16.5. The van der Waals surface area contributed by atoms with Crippen molar-refractivity contribution in [3.8, 4) is 17.2 Å². The van der Waals surface area contributed by atoms with Gasteiger partial charge < -0.3 is 19.5 Å². The lowest BCUT2D eigenvalue weighted by Gasteiger charge is -2.17. The number of hydrazone groups is 1. The van der Waals surface area contributed by atoms with E-state index in [9.17, 15) is 9.59 Å². The molecule has 1 saturated heterocycles. The predicted molar refractivity (Wildman–Crippen MR) is 167 cm³/mol. The van der Waals surface area contributed by atoms with Gasteiger partial charge in [-0.3, -0.25) is 14.5 Å². The van der Waals surface area contributed by atoms with Crippen LogP contribution in [0.25, 0.3) is 6.08 Å². The fourth-order valence-electron chi connectivity index (χ4n) is 3.91. The Balaban J connectivity index is 1.27. The molecule has 2 N–H and O–H groups in total. The number of thiocarbonyl (C=S) groups is 1. The molecule has 1 aliphatic heterocycles. The average Bonchev–Trinajstić information content (AvgIpc) is 3.26. The van der Waals surface area contributed by atoms with Crippen molar-refractivity contribution < 1.29 is 23.8 Å². The summed E-state index contributed by atoms with van der Waals surface area (Å²) in [4.78, 5) is 27.2. The Kier molecular flexibility index (Phi) is 10.4. The Morgan fingerprint density at radius 3 is 2.49 bits per heavy atom. The highest BCUT2D eigenvalue weighted by molar-refractivity contribution is 8.26. The van der Waals surface area contributed by atoms with Crippen LogP contribution in [0.5, 0.6) is 17.2 Å². The number of thioether (sulfide) groups is 1. The standard InChI is InChI=1S/C30H30N4O5S2/c1-4-22-7-5-6-8-24(22)31-19-34-29(36)27(41-30(34)40)16-20-9-12-23(13-10-20)39-18-28(35)33-32-17-21-11-14-25(37-2)26(15-21)38-3/h5-17,31H,4,18-19H2,1-3H3,(H,33,35)/b27-16-,32-17+. The number of amides is 2. The van der Waals surface area contributed by atoms with Crippen molar-refractivity contribution in [2.45, 2.75) is 13.3 Å². The van der Waals surface area contributed by atoms with Gasteiger partial charge in [-0.05, 0) is 65.6 Å². The summed E-state index contributed by atoms with van der Waals surface area (Å²) >= 11 is 6.72. The molecule has 9 nitrogen and oxygen atoms in total. The number of nitrogens with one attached hydrogen (secondary N) is 2. The zero-order chi connectivity index (χ0) is 29.2. The fraction of sp³-hybridized carbons (Fsp3) is 0.200. The second kappa shape index (κ2) is 14.3. The number of carbonyl (C=O) groups excluding carboxylic acids is 2. The fourth-order valence-corrected chi connectivity index (χ4v) is 5.16. The highest BCUT2D eigenvalue weighted by Crippen LogP contribution is 2.33. The number of nitrogens with zero attached hydrogens (tertiary/aromatic N) is 2. The van der Waals surface area contributed by atoms with Gasteiger partial charge in [0.05, 0.1) is 32.0 Å². The lowest BCUT2D eigenvalue weighted by molar-refractivity contribution is -0.123. The van der Waals surface area contributed by atoms with Crippen LogP contribution >= 0.6 is 24.0 Å². The number of rotatable bonds is 12. The maximum absolute atomic E-state index is 13.0. The van der Waals surface area contributed by atoms with Gasteiger partial charge in [0.15, 0.2) is 18.1 Å². The highest BCUT2D eigenvalue weighted by atomic mass is 32.2. The third-order valence-electron chi connectivity index (χ3n) is 6.06. The molecule has 0 aliphatic carbocycles. The van der Waals surface area contributed by atoms with E-state index in [4.69, 9.17) is 26.4 Å². The third kappa shape index (κ3) is 7.86. The van der Waals surface area contributed by atoms with Crippen LogP contribution in [0.15, 0.2) is 76.7 Å². The van der Waals surface area contributed by atoms with Crippen molar-refractivity contribution in [1.29, 1.82) is 0 Å². The molecule has 1 fully saturated rings. The van der Waals surface area contributed by atoms with Gasteiger partial charge in [0.2, 0.25) is 0 Å². The number of ether oxygens (including phenoxy) is 3. The molecule has 1 aliphatic rings. The average molecular weight is 591 g/mol. The zero-order valence-electron chi connectivity index (χ0n) is 22.9. The largest absolute Gasteiger partial charge is 0.493 e. The SMILES string of the molecule is CCc1ccccc1NCN1C(=O)/C(=C/c2ccc(OCC(=O)N/N=C/c3ccc(OC)c(OC)c3)cc2)SC1=S. The topological polar surface area (TPSA) is 101 Å². The number of aryl methyl sites for hydroxylation is 1. The first-order chi connectivity index (χ1) is 19.9. The second-order valence-electron chi connectivity index (χ2n) is 8.72. The monoisotopic (exact) mass is 590 g/mol. The van der Waals surface area contributed by atoms with Crippen LogP contribution in [-0.2, 0) is 16.0 Å². The summed E-state index contributed by atoms with van der Waals surface area (Å²) in [6, 6.07) is 20.4. The molecule has 0 atom stereocenters. The van der Waals surface area contributed by atoms with Gasteiger partial charge in [-0.25, -0.2) is 5.43 Å². The molecule has 1 heterocycles. The van der Waals surface area contributed by atoms with Gasteiger partial charge in [0.1, 0.15) is 10.1 Å². The maximum atomic E-state index is 13.0. The highest BCUT2D eigenvalue weighted by Gasteiger charge is 2.31. The van der Waals surface area contributed by atoms with E-state index in [0.717, 1.165) is 23.2 Å². The van der Waals surface area contributed by atoms with Crippen LogP contribution in [0.4, 0.5) is 5.69 Å². The normalized spacial score (nSPS) is 14.0. The molecule has 41 heavy (non-hydrogen) atoms. The van der Waals surface area contributed by atoms with E-state index in [1.807, 2.05) is 30.3 Å². The predicted octanol–water partition coefficient (Wildman–Crippen LogP) is 5.07. The van der Waals surface area contributed by atoms with Crippen LogP contribution in [0.1, 0.15) is 23.6 Å². The number of benzene rings is 3. The Hall–Kier alpha value is -4.35. The van der Waals surface area contributed by atoms with Crippen molar-refractivity contribution in [2.75, 3.05) is 32.8 Å². The van der Waals surface area contributed by atoms with Gasteiger partial charge in [0.25, 0.3) is 11.8 Å². The minimum atomic E-state index is -0.412. The Morgan fingerprint density at radius 1 is 1.02 bits per heavy atom. The molecule has 0 aromatic heterocycles.